The lowest BCUT2D eigenvalue weighted by Gasteiger charge is -2.14. The van der Waals surface area contributed by atoms with E-state index in [0.717, 1.165) is 12.7 Å². The monoisotopic (exact) mass is 124 g/mol. The van der Waals surface area contributed by atoms with Crippen LogP contribution < -0.4 is 0 Å². The van der Waals surface area contributed by atoms with E-state index in [-0.39, 0.29) is 0 Å². The van der Waals surface area contributed by atoms with E-state index >= 15 is 0 Å². The van der Waals surface area contributed by atoms with Crippen LogP contribution in [-0.2, 0) is 4.79 Å². The Morgan fingerprint density at radius 3 is 1.89 bits per heavy atom. The maximum absolute atomic E-state index is 10.4. The van der Waals surface area contributed by atoms with Gasteiger partial charge in [0, 0.05) is 0 Å². The molecule has 9 heavy (non-hydrogen) atoms. The van der Waals surface area contributed by atoms with Crippen molar-refractivity contribution < 1.29 is 4.79 Å². The van der Waals surface area contributed by atoms with E-state index in [1.807, 2.05) is 6.92 Å². The van der Waals surface area contributed by atoms with Gasteiger partial charge >= 0.3 is 0 Å². The molecule has 0 atom stereocenters. The van der Waals surface area contributed by atoms with Crippen molar-refractivity contribution in [3.8, 4) is 0 Å². The zero-order chi connectivity index (χ0) is 7.33. The normalized spacial score (nSPS) is 10.3. The number of hydrogen-bond acceptors (Lipinski definition) is 1. The van der Waals surface area contributed by atoms with Crippen molar-refractivity contribution in [2.24, 2.45) is 5.41 Å². The van der Waals surface area contributed by atoms with E-state index < -0.39 is 5.41 Å². The van der Waals surface area contributed by atoms with Gasteiger partial charge in [0.05, 0.1) is 5.41 Å². The fourth-order valence-corrected chi connectivity index (χ4v) is 0.552. The van der Waals surface area contributed by atoms with Crippen LogP contribution >= 0.6 is 0 Å². The molecular weight excluding hydrogens is 112 g/mol. The number of hydrogen-bond donors (Lipinski definition) is 0. The Kier molecular flexibility index (Phi) is 2.93. The van der Waals surface area contributed by atoms with Crippen LogP contribution in [0.3, 0.4) is 0 Å². The molecule has 0 heterocycles. The van der Waals surface area contributed by atoms with Crippen LogP contribution in [0.2, 0.25) is 0 Å². The number of carbonyl (C=O) groups is 1. The predicted molar refractivity (Wildman–Crippen MR) is 39.2 cm³/mol. The van der Waals surface area contributed by atoms with E-state index in [1.54, 1.807) is 12.2 Å². The molecular formula is C8H12O. The van der Waals surface area contributed by atoms with Crippen LogP contribution in [0.4, 0.5) is 0 Å². The van der Waals surface area contributed by atoms with E-state index in [0.29, 0.717) is 0 Å². The molecule has 0 bridgehead atoms. The van der Waals surface area contributed by atoms with Crippen LogP contribution in [0.15, 0.2) is 25.3 Å². The summed E-state index contributed by atoms with van der Waals surface area (Å²) in [5.74, 6) is 0. The summed E-state index contributed by atoms with van der Waals surface area (Å²) >= 11 is 0. The lowest BCUT2D eigenvalue weighted by Crippen LogP contribution is -2.13. The summed E-state index contributed by atoms with van der Waals surface area (Å²) in [6, 6.07) is 0. The van der Waals surface area contributed by atoms with Crippen molar-refractivity contribution in [3.05, 3.63) is 25.3 Å². The number of carbonyl (C=O) groups excluding carboxylic acids is 1. The minimum absolute atomic E-state index is 0.486. The maximum Gasteiger partial charge on any atom is 0.133 e. The molecule has 1 nitrogen and oxygen atoms in total. The van der Waals surface area contributed by atoms with Gasteiger partial charge in [-0.3, -0.25) is 0 Å². The Bertz CT molecular complexity index is 103. The van der Waals surface area contributed by atoms with Gasteiger partial charge in [0.15, 0.2) is 0 Å². The zero-order valence-electron chi connectivity index (χ0n) is 5.76. The molecule has 0 amide bonds. The second kappa shape index (κ2) is 3.23. The first-order valence-electron chi connectivity index (χ1n) is 2.98. The van der Waals surface area contributed by atoms with Crippen molar-refractivity contribution in [1.82, 2.24) is 0 Å². The molecule has 0 aromatic carbocycles. The third-order valence-electron chi connectivity index (χ3n) is 1.59. The van der Waals surface area contributed by atoms with Crippen LogP contribution in [0.1, 0.15) is 13.3 Å². The van der Waals surface area contributed by atoms with Gasteiger partial charge in [-0.15, -0.1) is 13.2 Å². The smallest absolute Gasteiger partial charge is 0.133 e. The van der Waals surface area contributed by atoms with Gasteiger partial charge in [0.1, 0.15) is 6.29 Å². The summed E-state index contributed by atoms with van der Waals surface area (Å²) in [5.41, 5.74) is -0.486. The molecule has 0 aromatic heterocycles. The second-order valence-electron chi connectivity index (χ2n) is 1.99. The summed E-state index contributed by atoms with van der Waals surface area (Å²) in [4.78, 5) is 10.4. The van der Waals surface area contributed by atoms with E-state index in [1.165, 1.54) is 0 Å². The fraction of sp³-hybridized carbons (Fsp3) is 0.375. The largest absolute Gasteiger partial charge is 0.302 e. The minimum Gasteiger partial charge on any atom is -0.302 e. The standard InChI is InChI=1S/C8H12O/c1-4-8(5-2,6-3)7-9/h4-5,7H,1-2,6H2,3H3. The molecule has 0 aliphatic heterocycles. The van der Waals surface area contributed by atoms with Crippen LogP contribution in [0, 0.1) is 5.41 Å². The van der Waals surface area contributed by atoms with Gasteiger partial charge in [-0.1, -0.05) is 19.1 Å². The highest BCUT2D eigenvalue weighted by molar-refractivity contribution is 5.65. The lowest BCUT2D eigenvalue weighted by atomic mass is 9.88. The van der Waals surface area contributed by atoms with Crippen molar-refractivity contribution in [1.29, 1.82) is 0 Å². The van der Waals surface area contributed by atoms with Gasteiger partial charge in [0.2, 0.25) is 0 Å². The average molecular weight is 124 g/mol. The third-order valence-corrected chi connectivity index (χ3v) is 1.59. The molecule has 1 heteroatoms. The molecule has 0 saturated carbocycles. The average Bonchev–Trinajstić information content (AvgIpc) is 1.95. The second-order valence-corrected chi connectivity index (χ2v) is 1.99. The molecule has 0 N–H and O–H groups in total. The molecule has 0 aromatic rings. The van der Waals surface area contributed by atoms with Gasteiger partial charge in [0.25, 0.3) is 0 Å². The minimum atomic E-state index is -0.486. The zero-order valence-corrected chi connectivity index (χ0v) is 5.76. The van der Waals surface area contributed by atoms with Crippen molar-refractivity contribution in [3.63, 3.8) is 0 Å². The van der Waals surface area contributed by atoms with Gasteiger partial charge < -0.3 is 4.79 Å². The van der Waals surface area contributed by atoms with Gasteiger partial charge in [-0.2, -0.15) is 0 Å². The Balaban J connectivity index is 4.34. The van der Waals surface area contributed by atoms with Gasteiger partial charge in [-0.05, 0) is 6.42 Å². The van der Waals surface area contributed by atoms with Crippen LogP contribution in [0.5, 0.6) is 0 Å². The van der Waals surface area contributed by atoms with Crippen LogP contribution in [0.25, 0.3) is 0 Å². The summed E-state index contributed by atoms with van der Waals surface area (Å²) in [6.45, 7) is 9.01. The maximum atomic E-state index is 10.4. The molecule has 0 spiro atoms. The molecule has 0 aliphatic carbocycles. The van der Waals surface area contributed by atoms with E-state index in [9.17, 15) is 4.79 Å². The Labute approximate surface area is 56.1 Å². The van der Waals surface area contributed by atoms with Crippen molar-refractivity contribution in [2.75, 3.05) is 0 Å². The topological polar surface area (TPSA) is 17.1 Å². The third kappa shape index (κ3) is 1.53. The first-order valence-corrected chi connectivity index (χ1v) is 2.98. The summed E-state index contributed by atoms with van der Waals surface area (Å²) in [6.07, 6.45) is 4.84. The molecule has 0 unspecified atom stereocenters. The van der Waals surface area contributed by atoms with Crippen molar-refractivity contribution >= 4 is 6.29 Å². The fourth-order valence-electron chi connectivity index (χ4n) is 0.552. The summed E-state index contributed by atoms with van der Waals surface area (Å²) in [5, 5.41) is 0. The Morgan fingerprint density at radius 2 is 1.89 bits per heavy atom. The number of rotatable bonds is 4. The molecule has 0 aliphatic rings. The lowest BCUT2D eigenvalue weighted by molar-refractivity contribution is -0.112. The van der Waals surface area contributed by atoms with Gasteiger partial charge in [-0.25, -0.2) is 0 Å². The first kappa shape index (κ1) is 8.15. The first-order chi connectivity index (χ1) is 4.24. The van der Waals surface area contributed by atoms with Crippen molar-refractivity contribution in [2.45, 2.75) is 13.3 Å². The highest BCUT2D eigenvalue weighted by Gasteiger charge is 2.17. The quantitative estimate of drug-likeness (QED) is 0.413. The highest BCUT2D eigenvalue weighted by atomic mass is 16.1. The predicted octanol–water partition coefficient (Wildman–Crippen LogP) is 1.95. The molecule has 0 saturated heterocycles. The Morgan fingerprint density at radius 1 is 1.44 bits per heavy atom. The number of aldehydes is 1. The van der Waals surface area contributed by atoms with E-state index in [2.05, 4.69) is 13.2 Å². The van der Waals surface area contributed by atoms with Crippen LogP contribution in [-0.4, -0.2) is 6.29 Å². The number of allylic oxidation sites excluding steroid dienone is 2. The SMILES string of the molecule is C=CC(C=C)(C=O)CC. The molecule has 50 valence electrons. The molecule has 0 fully saturated rings. The molecule has 0 radical (unpaired) electrons. The summed E-state index contributed by atoms with van der Waals surface area (Å²) < 4.78 is 0. The molecule has 0 rings (SSSR count). The highest BCUT2D eigenvalue weighted by Crippen LogP contribution is 2.20. The summed E-state index contributed by atoms with van der Waals surface area (Å²) in [7, 11) is 0. The Hall–Kier alpha value is -0.850. The van der Waals surface area contributed by atoms with E-state index in [4.69, 9.17) is 0 Å².